The van der Waals surface area contributed by atoms with E-state index in [0.29, 0.717) is 18.5 Å². The van der Waals surface area contributed by atoms with Crippen LogP contribution in [-0.4, -0.2) is 11.9 Å². The Labute approximate surface area is 127 Å². The first-order valence-electron chi connectivity index (χ1n) is 8.31. The van der Waals surface area contributed by atoms with Gasteiger partial charge in [-0.15, -0.1) is 0 Å². The lowest BCUT2D eigenvalue weighted by molar-refractivity contribution is -0.123. The topological polar surface area (TPSA) is 46.3 Å². The molecule has 0 unspecified atom stereocenters. The van der Waals surface area contributed by atoms with Crippen molar-refractivity contribution in [3.05, 3.63) is 29.8 Å². The second kappa shape index (κ2) is 6.18. The Hall–Kier alpha value is -1.35. The molecule has 0 radical (unpaired) electrons. The fourth-order valence-electron chi connectivity index (χ4n) is 3.35. The average Bonchev–Trinajstić information content (AvgIpc) is 3.33. The maximum absolute atomic E-state index is 12.9. The van der Waals surface area contributed by atoms with Gasteiger partial charge in [0.2, 0.25) is 5.91 Å². The summed E-state index contributed by atoms with van der Waals surface area (Å²) in [7, 11) is 0. The van der Waals surface area contributed by atoms with Gasteiger partial charge in [-0.25, -0.2) is 0 Å². The first-order valence-corrected chi connectivity index (χ1v) is 8.31. The van der Waals surface area contributed by atoms with E-state index in [-0.39, 0.29) is 5.92 Å². The lowest BCUT2D eigenvalue weighted by Gasteiger charge is -2.31. The van der Waals surface area contributed by atoms with Gasteiger partial charge in [0.25, 0.3) is 0 Å². The summed E-state index contributed by atoms with van der Waals surface area (Å²) in [5.41, 5.74) is 7.83. The van der Waals surface area contributed by atoms with Gasteiger partial charge in [-0.2, -0.15) is 0 Å². The third kappa shape index (κ3) is 3.29. The predicted molar refractivity (Wildman–Crippen MR) is 86.0 cm³/mol. The minimum Gasteiger partial charge on any atom is -0.326 e. The summed E-state index contributed by atoms with van der Waals surface area (Å²) in [4.78, 5) is 15.0. The summed E-state index contributed by atoms with van der Waals surface area (Å²) in [6.45, 7) is 2.85. The SMILES string of the molecule is CC1CCC(C(=O)N(c2ccc(CN)cc2)C2CC2)CC1. The maximum Gasteiger partial charge on any atom is 0.230 e. The molecule has 0 saturated heterocycles. The Balaban J connectivity index is 1.75. The molecule has 2 aliphatic carbocycles. The number of benzene rings is 1. The molecule has 2 N–H and O–H groups in total. The highest BCUT2D eigenvalue weighted by atomic mass is 16.2. The summed E-state index contributed by atoms with van der Waals surface area (Å²) < 4.78 is 0. The van der Waals surface area contributed by atoms with E-state index in [9.17, 15) is 4.79 Å². The smallest absolute Gasteiger partial charge is 0.230 e. The van der Waals surface area contributed by atoms with Crippen molar-refractivity contribution in [2.24, 2.45) is 17.6 Å². The Morgan fingerprint density at radius 1 is 1.10 bits per heavy atom. The number of amides is 1. The summed E-state index contributed by atoms with van der Waals surface area (Å²) in [5.74, 6) is 1.37. The Morgan fingerprint density at radius 3 is 2.24 bits per heavy atom. The van der Waals surface area contributed by atoms with Crippen molar-refractivity contribution in [2.45, 2.75) is 58.0 Å². The zero-order chi connectivity index (χ0) is 14.8. The molecule has 1 aromatic rings. The first kappa shape index (κ1) is 14.6. The zero-order valence-corrected chi connectivity index (χ0v) is 12.9. The average molecular weight is 286 g/mol. The molecule has 3 rings (SSSR count). The van der Waals surface area contributed by atoms with Crippen molar-refractivity contribution >= 4 is 11.6 Å². The summed E-state index contributed by atoms with van der Waals surface area (Å²) in [6.07, 6.45) is 6.80. The van der Waals surface area contributed by atoms with Crippen molar-refractivity contribution in [1.29, 1.82) is 0 Å². The third-order valence-electron chi connectivity index (χ3n) is 4.96. The fraction of sp³-hybridized carbons (Fsp3) is 0.611. The number of carbonyl (C=O) groups excluding carboxylic acids is 1. The van der Waals surface area contributed by atoms with Crippen molar-refractivity contribution in [3.63, 3.8) is 0 Å². The van der Waals surface area contributed by atoms with Crippen LogP contribution in [0.15, 0.2) is 24.3 Å². The number of rotatable bonds is 4. The molecule has 2 aliphatic rings. The van der Waals surface area contributed by atoms with Crippen molar-refractivity contribution in [3.8, 4) is 0 Å². The van der Waals surface area contributed by atoms with E-state index in [1.807, 2.05) is 12.1 Å². The number of anilines is 1. The molecule has 21 heavy (non-hydrogen) atoms. The maximum atomic E-state index is 12.9. The standard InChI is InChI=1S/C18H26N2O/c1-13-2-6-15(7-3-13)18(21)20(17-10-11-17)16-8-4-14(12-19)5-9-16/h4-5,8-9,13,15,17H,2-3,6-7,10-12,19H2,1H3. The predicted octanol–water partition coefficient (Wildman–Crippen LogP) is 3.47. The monoisotopic (exact) mass is 286 g/mol. The molecular formula is C18H26N2O. The Kier molecular flexibility index (Phi) is 4.29. The van der Waals surface area contributed by atoms with Crippen LogP contribution in [0.25, 0.3) is 0 Å². The summed E-state index contributed by atoms with van der Waals surface area (Å²) in [5, 5.41) is 0. The minimum atomic E-state index is 0.232. The van der Waals surface area contributed by atoms with Gasteiger partial charge >= 0.3 is 0 Å². The van der Waals surface area contributed by atoms with E-state index >= 15 is 0 Å². The highest BCUT2D eigenvalue weighted by Crippen LogP contribution is 2.36. The van der Waals surface area contributed by atoms with Crippen LogP contribution in [0.2, 0.25) is 0 Å². The second-order valence-electron chi connectivity index (χ2n) is 6.77. The van der Waals surface area contributed by atoms with Crippen LogP contribution in [0.1, 0.15) is 51.0 Å². The molecule has 0 bridgehead atoms. The molecule has 0 aliphatic heterocycles. The quantitative estimate of drug-likeness (QED) is 0.921. The molecule has 2 fully saturated rings. The highest BCUT2D eigenvalue weighted by Gasteiger charge is 2.37. The van der Waals surface area contributed by atoms with Gasteiger partial charge in [-0.3, -0.25) is 4.79 Å². The van der Waals surface area contributed by atoms with Gasteiger partial charge in [0, 0.05) is 24.2 Å². The fourth-order valence-corrected chi connectivity index (χ4v) is 3.35. The lowest BCUT2D eigenvalue weighted by Crippen LogP contribution is -2.39. The second-order valence-corrected chi connectivity index (χ2v) is 6.77. The van der Waals surface area contributed by atoms with Crippen LogP contribution < -0.4 is 10.6 Å². The van der Waals surface area contributed by atoms with Crippen LogP contribution in [0.3, 0.4) is 0 Å². The molecule has 1 amide bonds. The number of hydrogen-bond donors (Lipinski definition) is 1. The van der Waals surface area contributed by atoms with Crippen LogP contribution in [-0.2, 0) is 11.3 Å². The van der Waals surface area contributed by atoms with Gasteiger partial charge in [0.1, 0.15) is 0 Å². The number of nitrogens with zero attached hydrogens (tertiary/aromatic N) is 1. The lowest BCUT2D eigenvalue weighted by atomic mass is 9.82. The minimum absolute atomic E-state index is 0.232. The molecule has 0 atom stereocenters. The highest BCUT2D eigenvalue weighted by molar-refractivity contribution is 5.96. The molecule has 0 aromatic heterocycles. The summed E-state index contributed by atoms with van der Waals surface area (Å²) in [6, 6.07) is 8.64. The Bertz CT molecular complexity index is 484. The normalized spacial score (nSPS) is 25.6. The molecule has 114 valence electrons. The Morgan fingerprint density at radius 2 is 1.71 bits per heavy atom. The molecule has 3 nitrogen and oxygen atoms in total. The van der Waals surface area contributed by atoms with Crippen molar-refractivity contribution in [2.75, 3.05) is 4.90 Å². The van der Waals surface area contributed by atoms with Gasteiger partial charge in [0.05, 0.1) is 0 Å². The molecule has 1 aromatic carbocycles. The van der Waals surface area contributed by atoms with Crippen LogP contribution >= 0.6 is 0 Å². The van der Waals surface area contributed by atoms with Gasteiger partial charge < -0.3 is 10.6 Å². The van der Waals surface area contributed by atoms with Crippen molar-refractivity contribution in [1.82, 2.24) is 0 Å². The van der Waals surface area contributed by atoms with E-state index in [1.54, 1.807) is 0 Å². The zero-order valence-electron chi connectivity index (χ0n) is 12.9. The molecular weight excluding hydrogens is 260 g/mol. The van der Waals surface area contributed by atoms with Crippen LogP contribution in [0.5, 0.6) is 0 Å². The largest absolute Gasteiger partial charge is 0.326 e. The van der Waals surface area contributed by atoms with Crippen LogP contribution in [0.4, 0.5) is 5.69 Å². The summed E-state index contributed by atoms with van der Waals surface area (Å²) >= 11 is 0. The molecule has 2 saturated carbocycles. The van der Waals surface area contributed by atoms with E-state index in [1.165, 1.54) is 12.8 Å². The third-order valence-corrected chi connectivity index (χ3v) is 4.96. The van der Waals surface area contributed by atoms with Crippen molar-refractivity contribution < 1.29 is 4.79 Å². The van der Waals surface area contributed by atoms with Gasteiger partial charge in [0.15, 0.2) is 0 Å². The van der Waals surface area contributed by atoms with Crippen LogP contribution in [0, 0.1) is 11.8 Å². The molecule has 3 heteroatoms. The molecule has 0 heterocycles. The van der Waals surface area contributed by atoms with Gasteiger partial charge in [-0.05, 0) is 62.1 Å². The number of nitrogens with two attached hydrogens (primary N) is 1. The first-order chi connectivity index (χ1) is 10.2. The number of hydrogen-bond acceptors (Lipinski definition) is 2. The van der Waals surface area contributed by atoms with E-state index < -0.39 is 0 Å². The van der Waals surface area contributed by atoms with E-state index in [0.717, 1.165) is 42.9 Å². The molecule has 0 spiro atoms. The number of carbonyl (C=O) groups is 1. The van der Waals surface area contributed by atoms with Gasteiger partial charge in [-0.1, -0.05) is 19.1 Å². The van der Waals surface area contributed by atoms with E-state index in [2.05, 4.69) is 24.0 Å². The van der Waals surface area contributed by atoms with E-state index in [4.69, 9.17) is 5.73 Å².